The SMILES string of the molecule is NC(O)(O)Cc1c(O)cc(O)c(O)c1O. The maximum Gasteiger partial charge on any atom is 0.224 e. The first-order valence-corrected chi connectivity index (χ1v) is 3.91. The average molecular weight is 217 g/mol. The highest BCUT2D eigenvalue weighted by Gasteiger charge is 2.24. The fourth-order valence-electron chi connectivity index (χ4n) is 1.10. The van der Waals surface area contributed by atoms with Gasteiger partial charge in [-0.15, -0.1) is 0 Å². The van der Waals surface area contributed by atoms with Gasteiger partial charge in [0.15, 0.2) is 11.5 Å². The molecule has 0 amide bonds. The monoisotopic (exact) mass is 217 g/mol. The molecule has 15 heavy (non-hydrogen) atoms. The van der Waals surface area contributed by atoms with Crippen LogP contribution in [-0.4, -0.2) is 36.6 Å². The number of aromatic hydroxyl groups is 4. The van der Waals surface area contributed by atoms with E-state index in [4.69, 9.17) is 26.2 Å². The van der Waals surface area contributed by atoms with Gasteiger partial charge in [0.1, 0.15) is 5.75 Å². The summed E-state index contributed by atoms with van der Waals surface area (Å²) in [5.74, 6) is -5.70. The minimum atomic E-state index is -2.64. The van der Waals surface area contributed by atoms with Crippen LogP contribution in [-0.2, 0) is 6.42 Å². The van der Waals surface area contributed by atoms with Gasteiger partial charge >= 0.3 is 0 Å². The Hall–Kier alpha value is -1.70. The largest absolute Gasteiger partial charge is 0.507 e. The quantitative estimate of drug-likeness (QED) is 0.184. The zero-order valence-corrected chi connectivity index (χ0v) is 7.55. The Morgan fingerprint density at radius 2 is 1.53 bits per heavy atom. The van der Waals surface area contributed by atoms with Crippen LogP contribution in [0.15, 0.2) is 6.07 Å². The predicted molar refractivity (Wildman–Crippen MR) is 48.2 cm³/mol. The summed E-state index contributed by atoms with van der Waals surface area (Å²) in [5.41, 5.74) is 4.46. The molecule has 0 saturated carbocycles. The highest BCUT2D eigenvalue weighted by molar-refractivity contribution is 5.59. The number of phenolic OH excluding ortho intramolecular Hbond substituents is 4. The zero-order chi connectivity index (χ0) is 11.8. The lowest BCUT2D eigenvalue weighted by molar-refractivity contribution is -0.154. The number of phenols is 4. The molecule has 7 nitrogen and oxygen atoms in total. The van der Waals surface area contributed by atoms with E-state index in [1.165, 1.54) is 0 Å². The number of hydrogen-bond acceptors (Lipinski definition) is 7. The first kappa shape index (κ1) is 11.4. The molecule has 1 rings (SSSR count). The van der Waals surface area contributed by atoms with Crippen LogP contribution in [0.2, 0.25) is 0 Å². The van der Waals surface area contributed by atoms with Crippen LogP contribution in [0.4, 0.5) is 0 Å². The van der Waals surface area contributed by atoms with Gasteiger partial charge in [-0.2, -0.15) is 0 Å². The van der Waals surface area contributed by atoms with Crippen molar-refractivity contribution in [3.63, 3.8) is 0 Å². The lowest BCUT2D eigenvalue weighted by atomic mass is 10.1. The van der Waals surface area contributed by atoms with Crippen molar-refractivity contribution in [3.05, 3.63) is 11.6 Å². The lowest BCUT2D eigenvalue weighted by Gasteiger charge is -2.17. The van der Waals surface area contributed by atoms with Gasteiger partial charge in [0, 0.05) is 18.1 Å². The topological polar surface area (TPSA) is 147 Å². The molecule has 0 saturated heterocycles. The van der Waals surface area contributed by atoms with Crippen LogP contribution in [0.25, 0.3) is 0 Å². The first-order valence-electron chi connectivity index (χ1n) is 3.91. The van der Waals surface area contributed by atoms with Gasteiger partial charge in [0.25, 0.3) is 0 Å². The highest BCUT2D eigenvalue weighted by Crippen LogP contribution is 2.43. The molecule has 8 N–H and O–H groups in total. The summed E-state index contributed by atoms with van der Waals surface area (Å²) in [6, 6.07) is 0.746. The molecule has 0 radical (unpaired) electrons. The van der Waals surface area contributed by atoms with Crippen molar-refractivity contribution in [2.45, 2.75) is 12.3 Å². The molecule has 0 aliphatic carbocycles. The molecule has 0 aliphatic rings. The number of rotatable bonds is 2. The lowest BCUT2D eigenvalue weighted by Crippen LogP contribution is -2.41. The van der Waals surface area contributed by atoms with Crippen LogP contribution in [0.3, 0.4) is 0 Å². The number of aliphatic hydroxyl groups is 2. The third kappa shape index (κ3) is 2.40. The molecule has 0 aliphatic heterocycles. The Kier molecular flexibility index (Phi) is 2.63. The molecule has 84 valence electrons. The van der Waals surface area contributed by atoms with Crippen molar-refractivity contribution in [1.29, 1.82) is 0 Å². The maximum absolute atomic E-state index is 9.27. The summed E-state index contributed by atoms with van der Waals surface area (Å²) in [5, 5.41) is 54.3. The molecular weight excluding hydrogens is 206 g/mol. The predicted octanol–water partition coefficient (Wildman–Crippen LogP) is -1.35. The molecule has 0 fully saturated rings. The van der Waals surface area contributed by atoms with E-state index in [1.807, 2.05) is 0 Å². The van der Waals surface area contributed by atoms with Gasteiger partial charge in [-0.05, 0) is 0 Å². The Labute approximate surface area is 84.3 Å². The van der Waals surface area contributed by atoms with Crippen molar-refractivity contribution in [1.82, 2.24) is 0 Å². The average Bonchev–Trinajstić information content (AvgIpc) is 2.07. The van der Waals surface area contributed by atoms with E-state index >= 15 is 0 Å². The maximum atomic E-state index is 9.27. The van der Waals surface area contributed by atoms with E-state index in [9.17, 15) is 10.2 Å². The smallest absolute Gasteiger partial charge is 0.224 e. The van der Waals surface area contributed by atoms with Gasteiger partial charge in [-0.25, -0.2) is 0 Å². The van der Waals surface area contributed by atoms with E-state index in [-0.39, 0.29) is 5.56 Å². The van der Waals surface area contributed by atoms with Crippen molar-refractivity contribution in [2.24, 2.45) is 5.73 Å². The Bertz CT molecular complexity index is 384. The molecule has 0 atom stereocenters. The summed E-state index contributed by atoms with van der Waals surface area (Å²) < 4.78 is 0. The summed E-state index contributed by atoms with van der Waals surface area (Å²) in [6.07, 6.45) is -0.710. The van der Waals surface area contributed by atoms with Crippen LogP contribution in [0, 0.1) is 0 Å². The molecule has 1 aromatic rings. The molecule has 0 bridgehead atoms. The summed E-state index contributed by atoms with van der Waals surface area (Å²) in [4.78, 5) is 0. The molecular formula is C8H11NO6. The van der Waals surface area contributed by atoms with Crippen LogP contribution < -0.4 is 5.73 Å². The van der Waals surface area contributed by atoms with Gasteiger partial charge in [0.05, 0.1) is 0 Å². The van der Waals surface area contributed by atoms with Crippen LogP contribution >= 0.6 is 0 Å². The minimum absolute atomic E-state index is 0.377. The van der Waals surface area contributed by atoms with Gasteiger partial charge in [-0.1, -0.05) is 0 Å². The number of nitrogens with two attached hydrogens (primary N) is 1. The third-order valence-corrected chi connectivity index (χ3v) is 1.77. The van der Waals surface area contributed by atoms with Gasteiger partial charge in [-0.3, -0.25) is 5.73 Å². The Morgan fingerprint density at radius 3 is 2.00 bits per heavy atom. The minimum Gasteiger partial charge on any atom is -0.507 e. The fraction of sp³-hybridized carbons (Fsp3) is 0.250. The van der Waals surface area contributed by atoms with E-state index < -0.39 is 35.3 Å². The molecule has 0 heterocycles. The summed E-state index contributed by atoms with van der Waals surface area (Å²) in [7, 11) is 0. The first-order chi connectivity index (χ1) is 6.72. The second kappa shape index (κ2) is 3.46. The Balaban J connectivity index is 3.24. The van der Waals surface area contributed by atoms with E-state index in [2.05, 4.69) is 0 Å². The normalized spacial score (nSPS) is 11.7. The fourth-order valence-corrected chi connectivity index (χ4v) is 1.10. The van der Waals surface area contributed by atoms with Crippen molar-refractivity contribution in [3.8, 4) is 23.0 Å². The molecule has 0 unspecified atom stereocenters. The van der Waals surface area contributed by atoms with Crippen molar-refractivity contribution in [2.75, 3.05) is 0 Å². The van der Waals surface area contributed by atoms with Crippen LogP contribution in [0.5, 0.6) is 23.0 Å². The highest BCUT2D eigenvalue weighted by atomic mass is 16.5. The Morgan fingerprint density at radius 1 is 1.00 bits per heavy atom. The molecule has 0 aromatic heterocycles. The number of hydrogen-bond donors (Lipinski definition) is 7. The second-order valence-corrected chi connectivity index (χ2v) is 3.15. The van der Waals surface area contributed by atoms with E-state index in [0.29, 0.717) is 0 Å². The third-order valence-electron chi connectivity index (χ3n) is 1.77. The van der Waals surface area contributed by atoms with Gasteiger partial charge < -0.3 is 30.6 Å². The second-order valence-electron chi connectivity index (χ2n) is 3.15. The standard InChI is InChI=1S/C8H11NO6/c9-8(14,15)2-3-4(10)1-5(11)7(13)6(3)12/h1,10-15H,2,9H2. The van der Waals surface area contributed by atoms with Crippen molar-refractivity contribution >= 4 is 0 Å². The molecule has 0 spiro atoms. The molecule has 1 aromatic carbocycles. The number of benzene rings is 1. The van der Waals surface area contributed by atoms with Crippen LogP contribution in [0.1, 0.15) is 5.56 Å². The van der Waals surface area contributed by atoms with Gasteiger partial charge in [0.2, 0.25) is 11.7 Å². The van der Waals surface area contributed by atoms with E-state index in [0.717, 1.165) is 6.07 Å². The van der Waals surface area contributed by atoms with E-state index in [1.54, 1.807) is 0 Å². The van der Waals surface area contributed by atoms with Crippen molar-refractivity contribution < 1.29 is 30.6 Å². The zero-order valence-electron chi connectivity index (χ0n) is 7.55. The summed E-state index contributed by atoms with van der Waals surface area (Å²) >= 11 is 0. The summed E-state index contributed by atoms with van der Waals surface area (Å²) in [6.45, 7) is 0. The molecule has 7 heteroatoms.